The molecular weight excluding hydrogens is 324 g/mol. The number of aromatic amines is 1. The fraction of sp³-hybridized carbons (Fsp3) is 0.500. The summed E-state index contributed by atoms with van der Waals surface area (Å²) in [4.78, 5) is 18.8. The molecule has 0 unspecified atom stereocenters. The summed E-state index contributed by atoms with van der Waals surface area (Å²) < 4.78 is 5.24. The number of aromatic nitrogens is 1. The highest BCUT2D eigenvalue weighted by atomic mass is 16.5. The van der Waals surface area contributed by atoms with Gasteiger partial charge in [-0.3, -0.25) is 9.69 Å². The third-order valence-corrected chi connectivity index (χ3v) is 6.56. The minimum atomic E-state index is 0.216. The molecular formula is C22H26N2O2. The minimum absolute atomic E-state index is 0.216. The lowest BCUT2D eigenvalue weighted by atomic mass is 9.73. The molecule has 0 spiro atoms. The van der Waals surface area contributed by atoms with Crippen LogP contribution in [0.5, 0.6) is 5.75 Å². The van der Waals surface area contributed by atoms with Crippen molar-refractivity contribution >= 4 is 5.78 Å². The molecule has 1 aromatic heterocycles. The Bertz CT molecular complexity index is 837. The van der Waals surface area contributed by atoms with Crippen molar-refractivity contribution in [3.05, 3.63) is 52.3 Å². The SMILES string of the molecule is COc1ccc(CN2CC(=O)[C@H]3Cc4[nH]c5c(c4C[C@@H]3C2)CCC5)cc1. The number of piperidine rings is 1. The highest BCUT2D eigenvalue weighted by molar-refractivity contribution is 5.84. The first-order valence-electron chi connectivity index (χ1n) is 9.80. The van der Waals surface area contributed by atoms with Gasteiger partial charge < -0.3 is 9.72 Å². The molecule has 1 fully saturated rings. The topological polar surface area (TPSA) is 45.3 Å². The summed E-state index contributed by atoms with van der Waals surface area (Å²) in [5.74, 6) is 2.00. The molecule has 0 saturated carbocycles. The number of hydrogen-bond donors (Lipinski definition) is 1. The van der Waals surface area contributed by atoms with E-state index >= 15 is 0 Å². The lowest BCUT2D eigenvalue weighted by Crippen LogP contribution is -2.49. The number of ketones is 1. The Morgan fingerprint density at radius 1 is 1.12 bits per heavy atom. The molecule has 1 aliphatic heterocycles. The molecule has 26 heavy (non-hydrogen) atoms. The summed E-state index contributed by atoms with van der Waals surface area (Å²) in [5, 5.41) is 0. The Labute approximate surface area is 154 Å². The van der Waals surface area contributed by atoms with Gasteiger partial charge in [0, 0.05) is 30.4 Å². The van der Waals surface area contributed by atoms with E-state index < -0.39 is 0 Å². The van der Waals surface area contributed by atoms with Crippen molar-refractivity contribution in [2.75, 3.05) is 20.2 Å². The average molecular weight is 350 g/mol. The predicted molar refractivity (Wildman–Crippen MR) is 100 cm³/mol. The van der Waals surface area contributed by atoms with Crippen molar-refractivity contribution in [1.82, 2.24) is 9.88 Å². The first-order chi connectivity index (χ1) is 12.7. The van der Waals surface area contributed by atoms with Crippen molar-refractivity contribution < 1.29 is 9.53 Å². The molecule has 2 heterocycles. The van der Waals surface area contributed by atoms with Crippen LogP contribution in [-0.4, -0.2) is 35.9 Å². The highest BCUT2D eigenvalue weighted by Crippen LogP contribution is 2.39. The number of methoxy groups -OCH3 is 1. The van der Waals surface area contributed by atoms with Crippen LogP contribution < -0.4 is 4.74 Å². The molecule has 2 aliphatic carbocycles. The molecule has 2 atom stereocenters. The smallest absolute Gasteiger partial charge is 0.150 e. The Hall–Kier alpha value is -2.07. The van der Waals surface area contributed by atoms with Crippen molar-refractivity contribution in [3.63, 3.8) is 0 Å². The number of nitrogens with zero attached hydrogens (tertiary/aromatic N) is 1. The van der Waals surface area contributed by atoms with Crippen molar-refractivity contribution in [1.29, 1.82) is 0 Å². The zero-order valence-corrected chi connectivity index (χ0v) is 15.4. The molecule has 2 aromatic rings. The Morgan fingerprint density at radius 3 is 2.77 bits per heavy atom. The monoisotopic (exact) mass is 350 g/mol. The van der Waals surface area contributed by atoms with Crippen LogP contribution in [0.15, 0.2) is 24.3 Å². The summed E-state index contributed by atoms with van der Waals surface area (Å²) in [6.07, 6.45) is 5.71. The van der Waals surface area contributed by atoms with Gasteiger partial charge in [-0.05, 0) is 66.8 Å². The van der Waals surface area contributed by atoms with Gasteiger partial charge in [-0.25, -0.2) is 0 Å². The van der Waals surface area contributed by atoms with Gasteiger partial charge in [-0.2, -0.15) is 0 Å². The fourth-order valence-corrected chi connectivity index (χ4v) is 5.28. The molecule has 0 amide bonds. The van der Waals surface area contributed by atoms with Crippen molar-refractivity contribution in [2.45, 2.75) is 38.6 Å². The molecule has 5 rings (SSSR count). The number of Topliss-reactive ketones (excluding diaryl/α,β-unsaturated/α-hetero) is 1. The van der Waals surface area contributed by atoms with Crippen LogP contribution in [0.2, 0.25) is 0 Å². The number of benzene rings is 1. The molecule has 1 N–H and O–H groups in total. The number of nitrogens with one attached hydrogen (secondary N) is 1. The standard InChI is InChI=1S/C22H26N2O2/c1-26-16-7-5-14(6-8-16)11-24-12-15-9-19-17-3-2-4-20(17)23-21(19)10-18(15)22(25)13-24/h5-8,15,18,23H,2-4,9-13H2,1H3/t15-,18+/m1/s1. The first-order valence-corrected chi connectivity index (χ1v) is 9.80. The normalized spacial score (nSPS) is 24.9. The van der Waals surface area contributed by atoms with E-state index in [0.29, 0.717) is 18.2 Å². The van der Waals surface area contributed by atoms with Gasteiger partial charge in [-0.15, -0.1) is 0 Å². The van der Waals surface area contributed by atoms with E-state index in [4.69, 9.17) is 4.74 Å². The van der Waals surface area contributed by atoms with Gasteiger partial charge in [0.2, 0.25) is 0 Å². The summed E-state index contributed by atoms with van der Waals surface area (Å²) in [6.45, 7) is 2.46. The van der Waals surface area contributed by atoms with Crippen LogP contribution in [0, 0.1) is 11.8 Å². The number of carbonyl (C=O) groups is 1. The van der Waals surface area contributed by atoms with Gasteiger partial charge >= 0.3 is 0 Å². The minimum Gasteiger partial charge on any atom is -0.497 e. The maximum absolute atomic E-state index is 12.8. The number of hydrogen-bond acceptors (Lipinski definition) is 3. The average Bonchev–Trinajstić information content (AvgIpc) is 3.22. The zero-order chi connectivity index (χ0) is 17.7. The Balaban J connectivity index is 1.33. The van der Waals surface area contributed by atoms with Crippen LogP contribution in [0.25, 0.3) is 0 Å². The van der Waals surface area contributed by atoms with E-state index in [2.05, 4.69) is 22.0 Å². The number of carbonyl (C=O) groups excluding carboxylic acids is 1. The summed E-state index contributed by atoms with van der Waals surface area (Å²) in [7, 11) is 1.69. The quantitative estimate of drug-likeness (QED) is 0.926. The van der Waals surface area contributed by atoms with Crippen molar-refractivity contribution in [2.24, 2.45) is 11.8 Å². The lowest BCUT2D eigenvalue weighted by Gasteiger charge is -2.40. The lowest BCUT2D eigenvalue weighted by molar-refractivity contribution is -0.130. The molecule has 0 radical (unpaired) electrons. The number of rotatable bonds is 3. The van der Waals surface area contributed by atoms with Gasteiger partial charge in [0.25, 0.3) is 0 Å². The Kier molecular flexibility index (Phi) is 3.89. The Morgan fingerprint density at radius 2 is 1.96 bits per heavy atom. The number of ether oxygens (including phenoxy) is 1. The molecule has 4 heteroatoms. The van der Waals surface area contributed by atoms with E-state index in [1.807, 2.05) is 12.1 Å². The third kappa shape index (κ3) is 2.67. The summed E-state index contributed by atoms with van der Waals surface area (Å²) >= 11 is 0. The second-order valence-corrected chi connectivity index (χ2v) is 8.15. The van der Waals surface area contributed by atoms with E-state index in [9.17, 15) is 4.79 Å². The fourth-order valence-electron chi connectivity index (χ4n) is 5.28. The molecule has 4 nitrogen and oxygen atoms in total. The van der Waals surface area contributed by atoms with Gasteiger partial charge in [0.05, 0.1) is 13.7 Å². The summed E-state index contributed by atoms with van der Waals surface area (Å²) in [5.41, 5.74) is 7.20. The summed E-state index contributed by atoms with van der Waals surface area (Å²) in [6, 6.07) is 8.21. The number of H-pyrrole nitrogens is 1. The van der Waals surface area contributed by atoms with Gasteiger partial charge in [-0.1, -0.05) is 12.1 Å². The largest absolute Gasteiger partial charge is 0.497 e. The second kappa shape index (κ2) is 6.27. The first kappa shape index (κ1) is 16.1. The maximum Gasteiger partial charge on any atom is 0.150 e. The number of likely N-dealkylation sites (tertiary alicyclic amines) is 1. The number of aryl methyl sites for hydroxylation is 1. The second-order valence-electron chi connectivity index (χ2n) is 8.15. The van der Waals surface area contributed by atoms with Crippen LogP contribution in [0.4, 0.5) is 0 Å². The van der Waals surface area contributed by atoms with E-state index in [1.165, 1.54) is 36.2 Å². The van der Waals surface area contributed by atoms with Gasteiger partial charge in [0.15, 0.2) is 5.78 Å². The molecule has 1 saturated heterocycles. The van der Waals surface area contributed by atoms with Crippen LogP contribution in [0.1, 0.15) is 34.5 Å². The zero-order valence-electron chi connectivity index (χ0n) is 15.4. The van der Waals surface area contributed by atoms with E-state index in [0.717, 1.165) is 31.7 Å². The molecule has 1 aromatic carbocycles. The molecule has 136 valence electrons. The van der Waals surface area contributed by atoms with E-state index in [1.54, 1.807) is 18.2 Å². The van der Waals surface area contributed by atoms with Crippen LogP contribution in [-0.2, 0) is 37.0 Å². The van der Waals surface area contributed by atoms with Crippen LogP contribution >= 0.6 is 0 Å². The predicted octanol–water partition coefficient (Wildman–Crippen LogP) is 2.93. The highest BCUT2D eigenvalue weighted by Gasteiger charge is 2.41. The van der Waals surface area contributed by atoms with Crippen molar-refractivity contribution in [3.8, 4) is 5.75 Å². The van der Waals surface area contributed by atoms with E-state index in [-0.39, 0.29) is 5.92 Å². The van der Waals surface area contributed by atoms with Gasteiger partial charge in [0.1, 0.15) is 5.75 Å². The third-order valence-electron chi connectivity index (χ3n) is 6.56. The van der Waals surface area contributed by atoms with Crippen LogP contribution in [0.3, 0.4) is 0 Å². The molecule has 0 bridgehead atoms. The molecule has 3 aliphatic rings. The maximum atomic E-state index is 12.8. The number of fused-ring (bicyclic) bond motifs is 4.